The van der Waals surface area contributed by atoms with Crippen LogP contribution in [-0.2, 0) is 4.74 Å². The Bertz CT molecular complexity index is 428. The average molecular weight is 312 g/mol. The van der Waals surface area contributed by atoms with Crippen LogP contribution in [0.4, 0.5) is 0 Å². The van der Waals surface area contributed by atoms with E-state index in [1.54, 1.807) is 0 Å². The lowest BCUT2D eigenvalue weighted by molar-refractivity contribution is 0.0169. The first kappa shape index (κ1) is 13.6. The molecule has 98 valence electrons. The molecule has 1 aliphatic heterocycles. The summed E-state index contributed by atoms with van der Waals surface area (Å²) < 4.78 is 6.52. The van der Waals surface area contributed by atoms with Gasteiger partial charge < -0.3 is 10.1 Å². The number of amides is 1. The van der Waals surface area contributed by atoms with E-state index in [-0.39, 0.29) is 12.0 Å². The van der Waals surface area contributed by atoms with E-state index in [4.69, 9.17) is 4.74 Å². The zero-order valence-electron chi connectivity index (χ0n) is 10.5. The number of aryl methyl sites for hydroxylation is 1. The highest BCUT2D eigenvalue weighted by Crippen LogP contribution is 2.16. The molecule has 0 radical (unpaired) electrons. The molecule has 0 aromatic heterocycles. The van der Waals surface area contributed by atoms with Crippen molar-refractivity contribution >= 4 is 21.8 Å². The van der Waals surface area contributed by atoms with Gasteiger partial charge in [0.25, 0.3) is 5.91 Å². The van der Waals surface area contributed by atoms with Crippen molar-refractivity contribution in [2.24, 2.45) is 0 Å². The molecule has 3 nitrogen and oxygen atoms in total. The number of halogens is 1. The summed E-state index contributed by atoms with van der Waals surface area (Å²) in [5, 5.41) is 2.95. The number of ether oxygens (including phenoxy) is 1. The third kappa shape index (κ3) is 3.56. The Morgan fingerprint density at radius 1 is 1.50 bits per heavy atom. The Labute approximate surface area is 116 Å². The van der Waals surface area contributed by atoms with Crippen LogP contribution < -0.4 is 5.32 Å². The molecule has 1 amide bonds. The van der Waals surface area contributed by atoms with E-state index in [1.165, 1.54) is 6.42 Å². The van der Waals surface area contributed by atoms with Gasteiger partial charge >= 0.3 is 0 Å². The van der Waals surface area contributed by atoms with Crippen LogP contribution in [-0.4, -0.2) is 25.2 Å². The molecule has 0 saturated carbocycles. The molecule has 0 aliphatic carbocycles. The third-order valence-corrected chi connectivity index (χ3v) is 3.70. The highest BCUT2D eigenvalue weighted by Gasteiger charge is 2.16. The van der Waals surface area contributed by atoms with Gasteiger partial charge in [0.05, 0.1) is 6.10 Å². The lowest BCUT2D eigenvalue weighted by atomic mass is 10.1. The van der Waals surface area contributed by atoms with Crippen molar-refractivity contribution in [1.29, 1.82) is 0 Å². The van der Waals surface area contributed by atoms with Crippen LogP contribution in [0.1, 0.15) is 35.2 Å². The summed E-state index contributed by atoms with van der Waals surface area (Å²) in [6.45, 7) is 3.36. The van der Waals surface area contributed by atoms with Gasteiger partial charge in [-0.05, 0) is 43.9 Å². The standard InChI is InChI=1S/C14H18BrNO2/c1-10-5-6-11(15)8-13(10)14(17)16-9-12-4-2-3-7-18-12/h5-6,8,12H,2-4,7,9H2,1H3,(H,16,17). The van der Waals surface area contributed by atoms with Crippen molar-refractivity contribution in [2.45, 2.75) is 32.3 Å². The first-order chi connectivity index (χ1) is 8.66. The minimum Gasteiger partial charge on any atom is -0.376 e. The number of rotatable bonds is 3. The van der Waals surface area contributed by atoms with E-state index in [2.05, 4.69) is 21.2 Å². The first-order valence-corrected chi connectivity index (χ1v) is 7.12. The minimum atomic E-state index is -0.0250. The summed E-state index contributed by atoms with van der Waals surface area (Å²) in [6, 6.07) is 5.73. The largest absolute Gasteiger partial charge is 0.376 e. The molecule has 1 aromatic rings. The summed E-state index contributed by atoms with van der Waals surface area (Å²) in [6.07, 6.45) is 3.54. The van der Waals surface area contributed by atoms with Gasteiger partial charge in [-0.15, -0.1) is 0 Å². The van der Waals surface area contributed by atoms with Crippen LogP contribution in [0.3, 0.4) is 0 Å². The fourth-order valence-electron chi connectivity index (χ4n) is 2.11. The fraction of sp³-hybridized carbons (Fsp3) is 0.500. The van der Waals surface area contributed by atoms with Crippen LogP contribution in [0.25, 0.3) is 0 Å². The molecular formula is C14H18BrNO2. The zero-order valence-corrected chi connectivity index (χ0v) is 12.1. The summed E-state index contributed by atoms with van der Waals surface area (Å²) >= 11 is 3.39. The van der Waals surface area contributed by atoms with E-state index in [0.717, 1.165) is 35.0 Å². The van der Waals surface area contributed by atoms with Gasteiger partial charge in [-0.25, -0.2) is 0 Å². The van der Waals surface area contributed by atoms with Gasteiger partial charge in [0, 0.05) is 23.2 Å². The minimum absolute atomic E-state index is 0.0250. The highest BCUT2D eigenvalue weighted by molar-refractivity contribution is 9.10. The van der Waals surface area contributed by atoms with Crippen molar-refractivity contribution in [3.05, 3.63) is 33.8 Å². The topological polar surface area (TPSA) is 38.3 Å². The van der Waals surface area contributed by atoms with Gasteiger partial charge in [-0.3, -0.25) is 4.79 Å². The average Bonchev–Trinajstić information content (AvgIpc) is 2.40. The lowest BCUT2D eigenvalue weighted by Crippen LogP contribution is -2.35. The van der Waals surface area contributed by atoms with E-state index >= 15 is 0 Å². The van der Waals surface area contributed by atoms with E-state index in [1.807, 2.05) is 25.1 Å². The number of hydrogen-bond acceptors (Lipinski definition) is 2. The predicted molar refractivity (Wildman–Crippen MR) is 74.8 cm³/mol. The molecule has 1 heterocycles. The zero-order chi connectivity index (χ0) is 13.0. The number of nitrogens with one attached hydrogen (secondary N) is 1. The van der Waals surface area contributed by atoms with Gasteiger partial charge in [0.1, 0.15) is 0 Å². The lowest BCUT2D eigenvalue weighted by Gasteiger charge is -2.22. The number of carbonyl (C=O) groups excluding carboxylic acids is 1. The van der Waals surface area contributed by atoms with Crippen molar-refractivity contribution in [2.75, 3.05) is 13.2 Å². The molecule has 1 N–H and O–H groups in total. The highest BCUT2D eigenvalue weighted by atomic mass is 79.9. The van der Waals surface area contributed by atoms with E-state index in [9.17, 15) is 4.79 Å². The quantitative estimate of drug-likeness (QED) is 0.931. The van der Waals surface area contributed by atoms with Gasteiger partial charge in [0.15, 0.2) is 0 Å². The second kappa shape index (κ2) is 6.34. The molecule has 0 spiro atoms. The summed E-state index contributed by atoms with van der Waals surface area (Å²) in [4.78, 5) is 12.1. The molecule has 4 heteroatoms. The molecule has 18 heavy (non-hydrogen) atoms. The van der Waals surface area contributed by atoms with E-state index in [0.29, 0.717) is 6.54 Å². The van der Waals surface area contributed by atoms with Crippen molar-refractivity contribution < 1.29 is 9.53 Å². The van der Waals surface area contributed by atoms with Crippen LogP contribution in [0.2, 0.25) is 0 Å². The molecule has 1 unspecified atom stereocenters. The molecule has 1 aliphatic rings. The molecule has 0 bridgehead atoms. The maximum atomic E-state index is 12.1. The van der Waals surface area contributed by atoms with E-state index < -0.39 is 0 Å². The Morgan fingerprint density at radius 2 is 2.33 bits per heavy atom. The molecule has 1 fully saturated rings. The Balaban J connectivity index is 1.92. The first-order valence-electron chi connectivity index (χ1n) is 6.33. The smallest absolute Gasteiger partial charge is 0.251 e. The Morgan fingerprint density at radius 3 is 3.06 bits per heavy atom. The second-order valence-corrected chi connectivity index (χ2v) is 5.57. The number of benzene rings is 1. The van der Waals surface area contributed by atoms with Crippen LogP contribution >= 0.6 is 15.9 Å². The van der Waals surface area contributed by atoms with Crippen LogP contribution in [0.5, 0.6) is 0 Å². The molecule has 1 saturated heterocycles. The molecular weight excluding hydrogens is 294 g/mol. The molecule has 1 aromatic carbocycles. The fourth-order valence-corrected chi connectivity index (χ4v) is 2.47. The summed E-state index contributed by atoms with van der Waals surface area (Å²) in [7, 11) is 0. The predicted octanol–water partition coefficient (Wildman–Crippen LogP) is 3.06. The van der Waals surface area contributed by atoms with Gasteiger partial charge in [-0.2, -0.15) is 0 Å². The number of hydrogen-bond donors (Lipinski definition) is 1. The van der Waals surface area contributed by atoms with Crippen LogP contribution in [0, 0.1) is 6.92 Å². The van der Waals surface area contributed by atoms with Gasteiger partial charge in [-0.1, -0.05) is 22.0 Å². The normalized spacial score (nSPS) is 19.6. The van der Waals surface area contributed by atoms with Gasteiger partial charge in [0.2, 0.25) is 0 Å². The molecule has 1 atom stereocenters. The second-order valence-electron chi connectivity index (χ2n) is 4.66. The maximum absolute atomic E-state index is 12.1. The Hall–Kier alpha value is -0.870. The SMILES string of the molecule is Cc1ccc(Br)cc1C(=O)NCC1CCCCO1. The van der Waals surface area contributed by atoms with Crippen molar-refractivity contribution in [1.82, 2.24) is 5.32 Å². The molecule has 2 rings (SSSR count). The third-order valence-electron chi connectivity index (χ3n) is 3.21. The summed E-state index contributed by atoms with van der Waals surface area (Å²) in [5.41, 5.74) is 1.71. The monoisotopic (exact) mass is 311 g/mol. The maximum Gasteiger partial charge on any atom is 0.251 e. The van der Waals surface area contributed by atoms with Crippen molar-refractivity contribution in [3.63, 3.8) is 0 Å². The number of carbonyl (C=O) groups is 1. The Kier molecular flexibility index (Phi) is 4.78. The van der Waals surface area contributed by atoms with Crippen LogP contribution in [0.15, 0.2) is 22.7 Å². The van der Waals surface area contributed by atoms with Crippen molar-refractivity contribution in [3.8, 4) is 0 Å². The summed E-state index contributed by atoms with van der Waals surface area (Å²) in [5.74, 6) is -0.0250.